The summed E-state index contributed by atoms with van der Waals surface area (Å²) in [7, 11) is -4.19. The van der Waals surface area contributed by atoms with E-state index in [1.165, 1.54) is 9.21 Å². The number of benzene rings is 1. The fourth-order valence-corrected chi connectivity index (χ4v) is 7.06. The highest BCUT2D eigenvalue weighted by molar-refractivity contribution is 7.89. The van der Waals surface area contributed by atoms with Crippen molar-refractivity contribution in [1.29, 1.82) is 0 Å². The van der Waals surface area contributed by atoms with Gasteiger partial charge in [0.05, 0.1) is 10.5 Å². The Labute approximate surface area is 201 Å². The van der Waals surface area contributed by atoms with E-state index in [0.29, 0.717) is 18.9 Å². The zero-order valence-corrected chi connectivity index (χ0v) is 19.9. The van der Waals surface area contributed by atoms with E-state index in [9.17, 15) is 40.3 Å². The number of halogens is 5. The van der Waals surface area contributed by atoms with E-state index in [2.05, 4.69) is 0 Å². The van der Waals surface area contributed by atoms with Gasteiger partial charge in [-0.1, -0.05) is 6.07 Å². The number of amides is 1. The third-order valence-electron chi connectivity index (χ3n) is 7.24. The minimum Gasteiger partial charge on any atom is -0.383 e. The lowest BCUT2D eigenvalue weighted by atomic mass is 9.82. The van der Waals surface area contributed by atoms with Crippen LogP contribution in [0.3, 0.4) is 0 Å². The van der Waals surface area contributed by atoms with E-state index < -0.39 is 56.6 Å². The Bertz CT molecular complexity index is 1030. The van der Waals surface area contributed by atoms with Crippen molar-refractivity contribution in [2.45, 2.75) is 86.5 Å². The molecule has 196 valence electrons. The van der Waals surface area contributed by atoms with Crippen molar-refractivity contribution in [3.05, 3.63) is 29.8 Å². The number of aliphatic hydroxyl groups is 1. The second-order valence-electron chi connectivity index (χ2n) is 9.79. The highest BCUT2D eigenvalue weighted by Gasteiger charge is 2.45. The zero-order valence-electron chi connectivity index (χ0n) is 19.1. The predicted octanol–water partition coefficient (Wildman–Crippen LogP) is 4.04. The van der Waals surface area contributed by atoms with Crippen LogP contribution in [0.2, 0.25) is 0 Å². The van der Waals surface area contributed by atoms with Crippen LogP contribution in [0.25, 0.3) is 0 Å². The number of hydrogen-bond donors (Lipinski definition) is 1. The van der Waals surface area contributed by atoms with E-state index in [0.717, 1.165) is 18.2 Å². The first-order valence-electron chi connectivity index (χ1n) is 11.8. The number of hydrogen-bond acceptors (Lipinski definition) is 4. The van der Waals surface area contributed by atoms with E-state index in [4.69, 9.17) is 0 Å². The maximum absolute atomic E-state index is 13.4. The Hall–Kier alpha value is -1.79. The van der Waals surface area contributed by atoms with Gasteiger partial charge >= 0.3 is 6.18 Å². The molecular formula is C23H29F5N2O4S. The summed E-state index contributed by atoms with van der Waals surface area (Å²) >= 11 is 0. The van der Waals surface area contributed by atoms with Crippen LogP contribution in [0.1, 0.15) is 56.9 Å². The Morgan fingerprint density at radius 2 is 1.60 bits per heavy atom. The molecule has 12 heteroatoms. The number of alkyl halides is 5. The normalized spacial score (nSPS) is 23.5. The molecule has 1 saturated heterocycles. The number of piperidine rings is 1. The van der Waals surface area contributed by atoms with Crippen LogP contribution in [-0.4, -0.2) is 65.8 Å². The molecular weight excluding hydrogens is 495 g/mol. The lowest BCUT2D eigenvalue weighted by Gasteiger charge is -2.39. The fraction of sp³-hybridized carbons (Fsp3) is 0.696. The summed E-state index contributed by atoms with van der Waals surface area (Å²) in [5.74, 6) is -3.85. The molecule has 1 aliphatic heterocycles. The Morgan fingerprint density at radius 3 is 2.14 bits per heavy atom. The molecule has 1 atom stereocenters. The molecule has 1 amide bonds. The standard InChI is InChI=1S/C23H29F5N2O4S/c24-22(25)10-6-15(7-11-22)20(31)21(32)29-12-8-18(9-13-29)30(17-4-5-17)35(33,34)19-3-1-2-16(14-19)23(26,27)28/h1-3,14-15,17-18,20,31H,4-13H2/t20-/m0/s1. The summed E-state index contributed by atoms with van der Waals surface area (Å²) in [6, 6.07) is 2.91. The van der Waals surface area contributed by atoms with E-state index in [1.807, 2.05) is 0 Å². The minimum absolute atomic E-state index is 0.0566. The van der Waals surface area contributed by atoms with Crippen molar-refractivity contribution in [3.63, 3.8) is 0 Å². The number of carbonyl (C=O) groups is 1. The predicted molar refractivity (Wildman–Crippen MR) is 116 cm³/mol. The molecule has 0 radical (unpaired) electrons. The van der Waals surface area contributed by atoms with Gasteiger partial charge in [0, 0.05) is 38.0 Å². The van der Waals surface area contributed by atoms with E-state index in [1.54, 1.807) is 0 Å². The largest absolute Gasteiger partial charge is 0.416 e. The number of nitrogens with zero attached hydrogens (tertiary/aromatic N) is 2. The maximum atomic E-state index is 13.4. The van der Waals surface area contributed by atoms with Crippen molar-refractivity contribution < 1.29 is 40.3 Å². The average molecular weight is 525 g/mol. The first-order chi connectivity index (χ1) is 16.3. The van der Waals surface area contributed by atoms with Crippen LogP contribution in [-0.2, 0) is 21.0 Å². The highest BCUT2D eigenvalue weighted by Crippen LogP contribution is 2.40. The molecule has 35 heavy (non-hydrogen) atoms. The molecule has 1 aromatic carbocycles. The third kappa shape index (κ3) is 5.80. The summed E-state index contributed by atoms with van der Waals surface area (Å²) in [5, 5.41) is 10.5. The Kier molecular flexibility index (Phi) is 7.20. The molecule has 2 aliphatic carbocycles. The molecule has 0 aromatic heterocycles. The van der Waals surface area contributed by atoms with Crippen LogP contribution in [0.4, 0.5) is 22.0 Å². The quantitative estimate of drug-likeness (QED) is 0.570. The third-order valence-corrected chi connectivity index (χ3v) is 9.24. The Morgan fingerprint density at radius 1 is 1.03 bits per heavy atom. The summed E-state index contributed by atoms with van der Waals surface area (Å²) in [6.07, 6.45) is -4.90. The summed E-state index contributed by atoms with van der Waals surface area (Å²) in [6.45, 7) is 0.343. The van der Waals surface area contributed by atoms with Gasteiger partial charge in [0.2, 0.25) is 15.9 Å². The smallest absolute Gasteiger partial charge is 0.383 e. The lowest BCUT2D eigenvalue weighted by molar-refractivity contribution is -0.147. The van der Waals surface area contributed by atoms with Gasteiger partial charge in [-0.2, -0.15) is 17.5 Å². The molecule has 1 heterocycles. The van der Waals surface area contributed by atoms with Gasteiger partial charge in [0.1, 0.15) is 6.10 Å². The molecule has 1 aromatic rings. The van der Waals surface area contributed by atoms with Crippen LogP contribution >= 0.6 is 0 Å². The van der Waals surface area contributed by atoms with Crippen LogP contribution in [0, 0.1) is 5.92 Å². The lowest BCUT2D eigenvalue weighted by Crippen LogP contribution is -2.52. The Balaban J connectivity index is 1.42. The van der Waals surface area contributed by atoms with Crippen LogP contribution in [0.5, 0.6) is 0 Å². The topological polar surface area (TPSA) is 77.9 Å². The van der Waals surface area contributed by atoms with Gasteiger partial charge in [0.15, 0.2) is 0 Å². The first kappa shape index (κ1) is 26.3. The molecule has 0 bridgehead atoms. The minimum atomic E-state index is -4.67. The SMILES string of the molecule is O=C([C@@H](O)C1CCC(F)(F)CC1)N1CCC(N(C2CC2)S(=O)(=O)c2cccc(C(F)(F)F)c2)CC1. The second kappa shape index (κ2) is 9.59. The van der Waals surface area contributed by atoms with Crippen molar-refractivity contribution in [3.8, 4) is 0 Å². The second-order valence-corrected chi connectivity index (χ2v) is 11.6. The fourth-order valence-electron chi connectivity index (χ4n) is 5.08. The molecule has 1 N–H and O–H groups in total. The van der Waals surface area contributed by atoms with Gasteiger partial charge in [-0.25, -0.2) is 17.2 Å². The van der Waals surface area contributed by atoms with Gasteiger partial charge < -0.3 is 10.0 Å². The first-order valence-corrected chi connectivity index (χ1v) is 13.3. The molecule has 6 nitrogen and oxygen atoms in total. The van der Waals surface area contributed by atoms with E-state index >= 15 is 0 Å². The van der Waals surface area contributed by atoms with Crippen LogP contribution < -0.4 is 0 Å². The van der Waals surface area contributed by atoms with Gasteiger partial charge in [-0.3, -0.25) is 4.79 Å². The highest BCUT2D eigenvalue weighted by atomic mass is 32.2. The number of likely N-dealkylation sites (tertiary alicyclic amines) is 1. The molecule has 3 aliphatic rings. The average Bonchev–Trinajstić information content (AvgIpc) is 3.63. The van der Waals surface area contributed by atoms with Gasteiger partial charge in [-0.15, -0.1) is 0 Å². The number of rotatable bonds is 6. The zero-order chi connectivity index (χ0) is 25.6. The monoisotopic (exact) mass is 524 g/mol. The number of aliphatic hydroxyl groups excluding tert-OH is 1. The van der Waals surface area contributed by atoms with Crippen molar-refractivity contribution in [2.24, 2.45) is 5.92 Å². The van der Waals surface area contributed by atoms with Gasteiger partial charge in [0.25, 0.3) is 5.91 Å². The number of sulfonamides is 1. The number of carbonyl (C=O) groups excluding carboxylic acids is 1. The summed E-state index contributed by atoms with van der Waals surface area (Å²) in [4.78, 5) is 13.8. The van der Waals surface area contributed by atoms with Gasteiger partial charge in [-0.05, 0) is 62.6 Å². The molecule has 3 fully saturated rings. The van der Waals surface area contributed by atoms with Crippen molar-refractivity contribution >= 4 is 15.9 Å². The van der Waals surface area contributed by atoms with Crippen molar-refractivity contribution in [1.82, 2.24) is 9.21 Å². The molecule has 4 rings (SSSR count). The van der Waals surface area contributed by atoms with Crippen molar-refractivity contribution in [2.75, 3.05) is 13.1 Å². The molecule has 0 unspecified atom stereocenters. The summed E-state index contributed by atoms with van der Waals surface area (Å²) < 4.78 is 94.2. The van der Waals surface area contributed by atoms with Crippen LogP contribution in [0.15, 0.2) is 29.2 Å². The summed E-state index contributed by atoms with van der Waals surface area (Å²) in [5.41, 5.74) is -1.04. The molecule has 0 spiro atoms. The van der Waals surface area contributed by atoms with E-state index in [-0.39, 0.29) is 57.7 Å². The maximum Gasteiger partial charge on any atom is 0.416 e. The molecule has 2 saturated carbocycles.